The molecule has 0 aliphatic carbocycles. The SMILES string of the molecule is COc1ccc(C[n+]2ccc(N(C)C)cc2)cc1.[Sb+3]. The van der Waals surface area contributed by atoms with Crippen molar-refractivity contribution in [3.63, 3.8) is 0 Å². The van der Waals surface area contributed by atoms with Gasteiger partial charge in [-0.05, 0) is 24.3 Å². The molecule has 2 radical (unpaired) electrons. The van der Waals surface area contributed by atoms with Crippen LogP contribution in [0.2, 0.25) is 0 Å². The smallest absolute Gasteiger partial charge is 0.497 e. The fourth-order valence-electron chi connectivity index (χ4n) is 1.79. The van der Waals surface area contributed by atoms with E-state index >= 15 is 0 Å². The molecule has 4 heteroatoms. The molecular weight excluding hydrogens is 346 g/mol. The van der Waals surface area contributed by atoms with Gasteiger partial charge in [-0.15, -0.1) is 0 Å². The van der Waals surface area contributed by atoms with E-state index in [-0.39, 0.29) is 24.4 Å². The predicted molar refractivity (Wildman–Crippen MR) is 78.8 cm³/mol. The Morgan fingerprint density at radius 1 is 1.00 bits per heavy atom. The molecule has 0 bridgehead atoms. The second-order valence-electron chi connectivity index (χ2n) is 4.47. The molecule has 0 unspecified atom stereocenters. The number of hydrogen-bond acceptors (Lipinski definition) is 2. The normalized spacial score (nSPS) is 9.63. The molecule has 0 amide bonds. The Balaban J connectivity index is 0.00000180. The zero-order valence-electron chi connectivity index (χ0n) is 11.6. The summed E-state index contributed by atoms with van der Waals surface area (Å²) in [6, 6.07) is 12.4. The summed E-state index contributed by atoms with van der Waals surface area (Å²) in [5.74, 6) is 0.895. The second kappa shape index (κ2) is 7.40. The average Bonchev–Trinajstić information content (AvgIpc) is 2.40. The quantitative estimate of drug-likeness (QED) is 0.606. The van der Waals surface area contributed by atoms with E-state index in [4.69, 9.17) is 4.74 Å². The van der Waals surface area contributed by atoms with Crippen molar-refractivity contribution in [2.24, 2.45) is 0 Å². The largest absolute Gasteiger partial charge is 3.00 e. The average molecular weight is 365 g/mol. The third kappa shape index (κ3) is 4.43. The maximum absolute atomic E-state index is 5.15. The summed E-state index contributed by atoms with van der Waals surface area (Å²) in [6.07, 6.45) is 4.19. The zero-order chi connectivity index (χ0) is 13.0. The van der Waals surface area contributed by atoms with E-state index in [2.05, 4.69) is 46.1 Å². The number of nitrogens with zero attached hydrogens (tertiary/aromatic N) is 2. The van der Waals surface area contributed by atoms with Gasteiger partial charge in [0.05, 0.1) is 7.11 Å². The van der Waals surface area contributed by atoms with Gasteiger partial charge in [-0.1, -0.05) is 0 Å². The number of methoxy groups -OCH3 is 1. The second-order valence-corrected chi connectivity index (χ2v) is 4.47. The summed E-state index contributed by atoms with van der Waals surface area (Å²) in [4.78, 5) is 2.09. The minimum absolute atomic E-state index is 0. The molecule has 2 rings (SSSR count). The summed E-state index contributed by atoms with van der Waals surface area (Å²) in [5, 5.41) is 0. The topological polar surface area (TPSA) is 16.4 Å². The monoisotopic (exact) mass is 364 g/mol. The van der Waals surface area contributed by atoms with Crippen molar-refractivity contribution in [3.8, 4) is 5.75 Å². The van der Waals surface area contributed by atoms with Crippen molar-refractivity contribution >= 4 is 30.1 Å². The number of aromatic nitrogens is 1. The molecule has 1 aromatic heterocycles. The summed E-state index contributed by atoms with van der Waals surface area (Å²) < 4.78 is 7.31. The molecule has 0 fully saturated rings. The molecular formula is C15H19N2OSb+4. The van der Waals surface area contributed by atoms with Crippen LogP contribution in [0.1, 0.15) is 5.56 Å². The first-order valence-electron chi connectivity index (χ1n) is 5.98. The van der Waals surface area contributed by atoms with Gasteiger partial charge in [-0.25, -0.2) is 4.57 Å². The van der Waals surface area contributed by atoms with Crippen LogP contribution < -0.4 is 14.2 Å². The van der Waals surface area contributed by atoms with E-state index in [1.54, 1.807) is 7.11 Å². The van der Waals surface area contributed by atoms with E-state index in [9.17, 15) is 0 Å². The Kier molecular flexibility index (Phi) is 6.17. The minimum Gasteiger partial charge on any atom is -0.497 e. The molecule has 96 valence electrons. The molecule has 0 spiro atoms. The third-order valence-electron chi connectivity index (χ3n) is 2.91. The van der Waals surface area contributed by atoms with Crippen LogP contribution in [0, 0.1) is 0 Å². The number of ether oxygens (including phenoxy) is 1. The van der Waals surface area contributed by atoms with Gasteiger partial charge in [0.2, 0.25) is 0 Å². The molecule has 2 aromatic rings. The van der Waals surface area contributed by atoms with Crippen LogP contribution in [0.15, 0.2) is 48.8 Å². The predicted octanol–water partition coefficient (Wildman–Crippen LogP) is 1.72. The fourth-order valence-corrected chi connectivity index (χ4v) is 1.79. The molecule has 0 saturated carbocycles. The van der Waals surface area contributed by atoms with Gasteiger partial charge in [0.15, 0.2) is 18.9 Å². The first-order chi connectivity index (χ1) is 8.69. The Morgan fingerprint density at radius 2 is 1.58 bits per heavy atom. The summed E-state index contributed by atoms with van der Waals surface area (Å²) in [5.41, 5.74) is 2.47. The Bertz CT molecular complexity index is 495. The first-order valence-corrected chi connectivity index (χ1v) is 5.98. The van der Waals surface area contributed by atoms with Crippen molar-refractivity contribution in [1.29, 1.82) is 0 Å². The standard InChI is InChI=1S/C15H19N2O.Sb/c1-16(2)14-8-10-17(11-9-14)12-13-4-6-15(18-3)7-5-13;/h4-11H,12H2,1-3H3;/q+1;+3. The van der Waals surface area contributed by atoms with Crippen LogP contribution in [0.5, 0.6) is 5.75 Å². The van der Waals surface area contributed by atoms with Crippen molar-refractivity contribution < 1.29 is 9.30 Å². The first kappa shape index (κ1) is 15.8. The van der Waals surface area contributed by atoms with Gasteiger partial charge in [-0.2, -0.15) is 0 Å². The van der Waals surface area contributed by atoms with E-state index in [1.165, 1.54) is 11.3 Å². The number of benzene rings is 1. The van der Waals surface area contributed by atoms with Crippen LogP contribution >= 0.6 is 0 Å². The fraction of sp³-hybridized carbons (Fsp3) is 0.267. The Labute approximate surface area is 132 Å². The van der Waals surface area contributed by atoms with E-state index in [1.807, 2.05) is 26.2 Å². The van der Waals surface area contributed by atoms with Crippen LogP contribution in [0.4, 0.5) is 5.69 Å². The maximum atomic E-state index is 5.15. The van der Waals surface area contributed by atoms with Gasteiger partial charge in [0.1, 0.15) is 5.75 Å². The molecule has 0 saturated heterocycles. The Hall–Kier alpha value is -1.21. The maximum Gasteiger partial charge on any atom is 3.00 e. The molecule has 19 heavy (non-hydrogen) atoms. The number of hydrogen-bond donors (Lipinski definition) is 0. The molecule has 0 aliphatic rings. The zero-order valence-corrected chi connectivity index (χ0v) is 14.1. The van der Waals surface area contributed by atoms with Gasteiger partial charge < -0.3 is 9.64 Å². The molecule has 1 heterocycles. The molecule has 1 aromatic carbocycles. The number of anilines is 1. The summed E-state index contributed by atoms with van der Waals surface area (Å²) in [7, 11) is 5.77. The molecule has 0 atom stereocenters. The van der Waals surface area contributed by atoms with Crippen molar-refractivity contribution in [2.45, 2.75) is 6.54 Å². The van der Waals surface area contributed by atoms with Gasteiger partial charge in [0, 0.05) is 37.5 Å². The van der Waals surface area contributed by atoms with E-state index in [0.29, 0.717) is 0 Å². The van der Waals surface area contributed by atoms with E-state index < -0.39 is 0 Å². The number of rotatable bonds is 4. The van der Waals surface area contributed by atoms with Gasteiger partial charge in [-0.3, -0.25) is 0 Å². The van der Waals surface area contributed by atoms with E-state index in [0.717, 1.165) is 12.3 Å². The molecule has 3 nitrogen and oxygen atoms in total. The van der Waals surface area contributed by atoms with Crippen molar-refractivity contribution in [2.75, 3.05) is 26.1 Å². The Morgan fingerprint density at radius 3 is 2.05 bits per heavy atom. The minimum atomic E-state index is 0. The summed E-state index contributed by atoms with van der Waals surface area (Å²) in [6.45, 7) is 0.873. The van der Waals surface area contributed by atoms with Crippen LogP contribution in [0.3, 0.4) is 0 Å². The van der Waals surface area contributed by atoms with Crippen molar-refractivity contribution in [1.82, 2.24) is 0 Å². The third-order valence-corrected chi connectivity index (χ3v) is 2.91. The summed E-state index contributed by atoms with van der Waals surface area (Å²) >= 11 is 0. The van der Waals surface area contributed by atoms with Crippen LogP contribution in [-0.4, -0.2) is 45.6 Å². The van der Waals surface area contributed by atoms with Gasteiger partial charge in [0.25, 0.3) is 0 Å². The number of pyridine rings is 1. The van der Waals surface area contributed by atoms with Crippen molar-refractivity contribution in [3.05, 3.63) is 54.4 Å². The van der Waals surface area contributed by atoms with Crippen LogP contribution in [0.25, 0.3) is 0 Å². The molecule has 0 aliphatic heterocycles. The van der Waals surface area contributed by atoms with Crippen LogP contribution in [-0.2, 0) is 6.54 Å². The molecule has 0 N–H and O–H groups in total. The van der Waals surface area contributed by atoms with Gasteiger partial charge >= 0.3 is 24.4 Å².